The number of ether oxygens (including phenoxy) is 6. The van der Waals surface area contributed by atoms with E-state index in [0.29, 0.717) is 29.7 Å². The van der Waals surface area contributed by atoms with Crippen molar-refractivity contribution in [2.24, 2.45) is 0 Å². The van der Waals surface area contributed by atoms with Gasteiger partial charge in [-0.15, -0.1) is 0 Å². The molecule has 2 heterocycles. The van der Waals surface area contributed by atoms with Gasteiger partial charge in [0.2, 0.25) is 5.95 Å². The van der Waals surface area contributed by atoms with Crippen LogP contribution in [-0.4, -0.2) is 75.7 Å². The second kappa shape index (κ2) is 13.1. The minimum Gasteiger partial charge on any atom is -0.494 e. The summed E-state index contributed by atoms with van der Waals surface area (Å²) in [5.74, 6) is -0.331. The van der Waals surface area contributed by atoms with E-state index in [1.165, 1.54) is 26.6 Å². The van der Waals surface area contributed by atoms with Gasteiger partial charge < -0.3 is 33.7 Å². The lowest BCUT2D eigenvalue weighted by molar-refractivity contribution is 0.0321. The van der Waals surface area contributed by atoms with E-state index >= 15 is 0 Å². The molecule has 2 aromatic carbocycles. The Morgan fingerprint density at radius 1 is 0.868 bits per heavy atom. The highest BCUT2D eigenvalue weighted by Crippen LogP contribution is 2.33. The average Bonchev–Trinajstić information content (AvgIpc) is 2.95. The van der Waals surface area contributed by atoms with Crippen LogP contribution in [0, 0.1) is 11.6 Å². The highest BCUT2D eigenvalue weighted by molar-refractivity contribution is 5.59. The molecule has 3 aromatic rings. The summed E-state index contributed by atoms with van der Waals surface area (Å²) in [5.41, 5.74) is 0.358. The van der Waals surface area contributed by atoms with Crippen molar-refractivity contribution in [3.8, 4) is 28.7 Å². The second-order valence-electron chi connectivity index (χ2n) is 8.21. The highest BCUT2D eigenvalue weighted by atomic mass is 19.1. The summed E-state index contributed by atoms with van der Waals surface area (Å²) >= 11 is 0. The Labute approximate surface area is 219 Å². The van der Waals surface area contributed by atoms with Gasteiger partial charge in [-0.25, -0.2) is 18.7 Å². The van der Waals surface area contributed by atoms with Gasteiger partial charge in [0.25, 0.3) is 0 Å². The third kappa shape index (κ3) is 6.69. The van der Waals surface area contributed by atoms with Gasteiger partial charge in [-0.2, -0.15) is 0 Å². The molecular weight excluding hydrogens is 502 g/mol. The number of benzene rings is 2. The van der Waals surface area contributed by atoms with Gasteiger partial charge in [0.15, 0.2) is 40.4 Å². The van der Waals surface area contributed by atoms with Crippen molar-refractivity contribution in [3.05, 3.63) is 53.9 Å². The molecule has 4 rings (SSSR count). The van der Waals surface area contributed by atoms with E-state index in [9.17, 15) is 8.78 Å². The van der Waals surface area contributed by atoms with E-state index in [4.69, 9.17) is 28.4 Å². The first-order chi connectivity index (χ1) is 18.5. The predicted molar refractivity (Wildman–Crippen MR) is 135 cm³/mol. The molecule has 0 spiro atoms. The van der Waals surface area contributed by atoms with Crippen LogP contribution in [0.5, 0.6) is 28.7 Å². The molecule has 0 unspecified atom stereocenters. The van der Waals surface area contributed by atoms with Gasteiger partial charge in [-0.1, -0.05) is 0 Å². The zero-order chi connectivity index (χ0) is 26.9. The fraction of sp³-hybridized carbons (Fsp3) is 0.385. The third-order valence-corrected chi connectivity index (χ3v) is 5.86. The van der Waals surface area contributed by atoms with Gasteiger partial charge in [0.1, 0.15) is 13.2 Å². The molecule has 1 fully saturated rings. The third-order valence-electron chi connectivity index (χ3n) is 5.86. The van der Waals surface area contributed by atoms with Gasteiger partial charge in [-0.05, 0) is 12.1 Å². The lowest BCUT2D eigenvalue weighted by Crippen LogP contribution is -2.38. The minimum atomic E-state index is -0.868. The first-order valence-electron chi connectivity index (χ1n) is 11.9. The predicted octanol–water partition coefficient (Wildman–Crippen LogP) is 3.81. The second-order valence-corrected chi connectivity index (χ2v) is 8.21. The zero-order valence-electron chi connectivity index (χ0n) is 21.5. The Bertz CT molecular complexity index is 1180. The Kier molecular flexibility index (Phi) is 9.33. The molecule has 1 aliphatic heterocycles. The van der Waals surface area contributed by atoms with Crippen LogP contribution in [-0.2, 0) is 11.3 Å². The average molecular weight is 533 g/mol. The lowest BCUT2D eigenvalue weighted by atomic mass is 10.1. The summed E-state index contributed by atoms with van der Waals surface area (Å²) in [5, 5.41) is 3.09. The number of hydrogen-bond acceptors (Lipinski definition) is 10. The maximum absolute atomic E-state index is 14.5. The summed E-state index contributed by atoms with van der Waals surface area (Å²) in [6.45, 7) is 4.11. The summed E-state index contributed by atoms with van der Waals surface area (Å²) < 4.78 is 61.3. The number of methoxy groups -OCH3 is 3. The van der Waals surface area contributed by atoms with Crippen LogP contribution in [0.3, 0.4) is 0 Å². The standard InChI is InChI=1S/C26H30F2N4O6/c1-33-20-5-4-17(12-21(20)37-11-8-32-6-9-36-10-7-32)31-26-29-14-18(15-30-26)38-16-19-24(27)22(34-2)13-23(35-3)25(19)28/h4-5,12-15H,6-11,16H2,1-3H3,(H,29,30,31). The van der Waals surface area contributed by atoms with Crippen LogP contribution < -0.4 is 29.0 Å². The normalized spacial score (nSPS) is 13.6. The fourth-order valence-corrected chi connectivity index (χ4v) is 3.78. The number of anilines is 2. The van der Waals surface area contributed by atoms with Crippen molar-refractivity contribution in [2.45, 2.75) is 6.61 Å². The number of hydrogen-bond donors (Lipinski definition) is 1. The largest absolute Gasteiger partial charge is 0.494 e. The van der Waals surface area contributed by atoms with Crippen LogP contribution in [0.1, 0.15) is 5.56 Å². The van der Waals surface area contributed by atoms with Crippen molar-refractivity contribution >= 4 is 11.6 Å². The summed E-state index contributed by atoms with van der Waals surface area (Å²) in [6, 6.07) is 6.53. The molecule has 0 aliphatic carbocycles. The van der Waals surface area contributed by atoms with Crippen molar-refractivity contribution in [1.82, 2.24) is 14.9 Å². The zero-order valence-corrected chi connectivity index (χ0v) is 21.5. The lowest BCUT2D eigenvalue weighted by Gasteiger charge is -2.26. The number of halogens is 2. The molecule has 0 atom stereocenters. The number of nitrogens with one attached hydrogen (secondary N) is 1. The molecule has 1 aromatic heterocycles. The first kappa shape index (κ1) is 27.1. The van der Waals surface area contributed by atoms with E-state index in [2.05, 4.69) is 20.2 Å². The van der Waals surface area contributed by atoms with Crippen LogP contribution in [0.25, 0.3) is 0 Å². The smallest absolute Gasteiger partial charge is 0.227 e. The van der Waals surface area contributed by atoms with Crippen molar-refractivity contribution in [1.29, 1.82) is 0 Å². The molecule has 204 valence electrons. The molecule has 0 amide bonds. The van der Waals surface area contributed by atoms with Crippen LogP contribution in [0.15, 0.2) is 36.7 Å². The number of aromatic nitrogens is 2. The molecular formula is C26H30F2N4O6. The minimum absolute atomic E-state index is 0.151. The fourth-order valence-electron chi connectivity index (χ4n) is 3.78. The quantitative estimate of drug-likeness (QED) is 0.371. The molecule has 38 heavy (non-hydrogen) atoms. The summed E-state index contributed by atoms with van der Waals surface area (Å²) in [7, 11) is 4.14. The van der Waals surface area contributed by atoms with Crippen molar-refractivity contribution in [3.63, 3.8) is 0 Å². The van der Waals surface area contributed by atoms with Gasteiger partial charge in [-0.3, -0.25) is 4.90 Å². The molecule has 1 aliphatic rings. The molecule has 0 radical (unpaired) electrons. The van der Waals surface area contributed by atoms with Gasteiger partial charge in [0, 0.05) is 37.5 Å². The number of morpholine rings is 1. The molecule has 0 bridgehead atoms. The Morgan fingerprint density at radius 3 is 2.16 bits per heavy atom. The van der Waals surface area contributed by atoms with E-state index in [1.54, 1.807) is 19.2 Å². The van der Waals surface area contributed by atoms with Crippen LogP contribution >= 0.6 is 0 Å². The van der Waals surface area contributed by atoms with Gasteiger partial charge >= 0.3 is 0 Å². The molecule has 10 nitrogen and oxygen atoms in total. The molecule has 1 saturated heterocycles. The maximum atomic E-state index is 14.5. The van der Waals surface area contributed by atoms with E-state index in [0.717, 1.165) is 38.9 Å². The number of nitrogens with zero attached hydrogens (tertiary/aromatic N) is 3. The topological polar surface area (TPSA) is 96.4 Å². The van der Waals surface area contributed by atoms with E-state index in [-0.39, 0.29) is 22.8 Å². The van der Waals surface area contributed by atoms with Crippen LogP contribution in [0.4, 0.5) is 20.4 Å². The summed E-state index contributed by atoms with van der Waals surface area (Å²) in [6.07, 6.45) is 2.79. The molecule has 0 saturated carbocycles. The summed E-state index contributed by atoms with van der Waals surface area (Å²) in [4.78, 5) is 10.7. The Morgan fingerprint density at radius 2 is 1.53 bits per heavy atom. The SMILES string of the molecule is COc1ccc(Nc2ncc(OCc3c(F)c(OC)cc(OC)c3F)cn2)cc1OCCN1CCOCC1. The van der Waals surface area contributed by atoms with E-state index < -0.39 is 18.2 Å². The maximum Gasteiger partial charge on any atom is 0.227 e. The van der Waals surface area contributed by atoms with Crippen molar-refractivity contribution < 1.29 is 37.2 Å². The number of rotatable bonds is 12. The monoisotopic (exact) mass is 532 g/mol. The Balaban J connectivity index is 1.37. The highest BCUT2D eigenvalue weighted by Gasteiger charge is 2.20. The first-order valence-corrected chi connectivity index (χ1v) is 11.9. The van der Waals surface area contributed by atoms with Crippen LogP contribution in [0.2, 0.25) is 0 Å². The molecule has 1 N–H and O–H groups in total. The van der Waals surface area contributed by atoms with Crippen molar-refractivity contribution in [2.75, 3.05) is 66.1 Å². The van der Waals surface area contributed by atoms with Gasteiger partial charge in [0.05, 0.1) is 52.5 Å². The molecule has 12 heteroatoms. The van der Waals surface area contributed by atoms with E-state index in [1.807, 2.05) is 6.07 Å². The Hall–Kier alpha value is -3.90.